The highest BCUT2D eigenvalue weighted by Gasteiger charge is 2.12. The van der Waals surface area contributed by atoms with E-state index in [2.05, 4.69) is 6.58 Å². The van der Waals surface area contributed by atoms with Crippen LogP contribution in [0.3, 0.4) is 0 Å². The quantitative estimate of drug-likeness (QED) is 0.461. The SMILES string of the molecule is C=C(C(=O)OCCOc1ccccc1)c1ccccc1C. The predicted molar refractivity (Wildman–Crippen MR) is 83.1 cm³/mol. The minimum absolute atomic E-state index is 0.193. The van der Waals surface area contributed by atoms with Crippen molar-refractivity contribution in [3.05, 3.63) is 72.3 Å². The van der Waals surface area contributed by atoms with Crippen molar-refractivity contribution in [2.75, 3.05) is 13.2 Å². The lowest BCUT2D eigenvalue weighted by Gasteiger charge is -2.10. The summed E-state index contributed by atoms with van der Waals surface area (Å²) < 4.78 is 10.6. The van der Waals surface area contributed by atoms with E-state index in [4.69, 9.17) is 9.47 Å². The van der Waals surface area contributed by atoms with Gasteiger partial charge in [0.05, 0.1) is 5.57 Å². The normalized spacial score (nSPS) is 9.95. The third kappa shape index (κ3) is 4.21. The summed E-state index contributed by atoms with van der Waals surface area (Å²) in [6.45, 7) is 6.25. The Morgan fingerprint density at radius 3 is 2.38 bits per heavy atom. The van der Waals surface area contributed by atoms with Gasteiger partial charge >= 0.3 is 5.97 Å². The van der Waals surface area contributed by atoms with Gasteiger partial charge in [0.15, 0.2) is 0 Å². The van der Waals surface area contributed by atoms with Crippen LogP contribution >= 0.6 is 0 Å². The molecule has 3 heteroatoms. The summed E-state index contributed by atoms with van der Waals surface area (Å²) in [4.78, 5) is 11.9. The molecule has 2 rings (SSSR count). The third-order valence-corrected chi connectivity index (χ3v) is 3.05. The van der Waals surface area contributed by atoms with Gasteiger partial charge in [-0.25, -0.2) is 4.79 Å². The van der Waals surface area contributed by atoms with E-state index in [9.17, 15) is 4.79 Å². The van der Waals surface area contributed by atoms with E-state index in [1.807, 2.05) is 61.5 Å². The maximum absolute atomic E-state index is 11.9. The number of esters is 1. The summed E-state index contributed by atoms with van der Waals surface area (Å²) in [5, 5.41) is 0. The van der Waals surface area contributed by atoms with E-state index >= 15 is 0 Å². The molecule has 0 heterocycles. The van der Waals surface area contributed by atoms with Gasteiger partial charge in [-0.2, -0.15) is 0 Å². The van der Waals surface area contributed by atoms with Crippen molar-refractivity contribution in [1.29, 1.82) is 0 Å². The van der Waals surface area contributed by atoms with Crippen molar-refractivity contribution in [1.82, 2.24) is 0 Å². The Morgan fingerprint density at radius 1 is 1.00 bits per heavy atom. The van der Waals surface area contributed by atoms with Crippen LogP contribution in [0.15, 0.2) is 61.2 Å². The molecule has 0 spiro atoms. The standard InChI is InChI=1S/C18H18O3/c1-14-8-6-7-11-17(14)15(2)18(19)21-13-12-20-16-9-4-3-5-10-16/h3-11H,2,12-13H2,1H3. The molecule has 0 aromatic heterocycles. The Labute approximate surface area is 124 Å². The molecule has 0 unspecified atom stereocenters. The largest absolute Gasteiger partial charge is 0.490 e. The maximum atomic E-state index is 11.9. The number of rotatable bonds is 6. The molecule has 2 aromatic rings. The van der Waals surface area contributed by atoms with Crippen LogP contribution in [0.4, 0.5) is 0 Å². The molecular formula is C18H18O3. The fourth-order valence-electron chi connectivity index (χ4n) is 1.92. The highest BCUT2D eigenvalue weighted by atomic mass is 16.6. The molecule has 0 atom stereocenters. The van der Waals surface area contributed by atoms with Gasteiger partial charge in [0, 0.05) is 0 Å². The van der Waals surface area contributed by atoms with Crippen molar-refractivity contribution in [3.8, 4) is 5.75 Å². The lowest BCUT2D eigenvalue weighted by Crippen LogP contribution is -2.13. The second-order valence-corrected chi connectivity index (χ2v) is 4.59. The van der Waals surface area contributed by atoms with Crippen molar-refractivity contribution >= 4 is 11.5 Å². The molecule has 108 valence electrons. The van der Waals surface area contributed by atoms with Crippen LogP contribution in [0.25, 0.3) is 5.57 Å². The van der Waals surface area contributed by atoms with Gasteiger partial charge in [0.25, 0.3) is 0 Å². The number of hydrogen-bond acceptors (Lipinski definition) is 3. The molecule has 0 aliphatic rings. The smallest absolute Gasteiger partial charge is 0.338 e. The molecule has 0 bridgehead atoms. The van der Waals surface area contributed by atoms with E-state index in [-0.39, 0.29) is 6.61 Å². The van der Waals surface area contributed by atoms with E-state index in [1.54, 1.807) is 0 Å². The highest BCUT2D eigenvalue weighted by molar-refractivity contribution is 6.16. The van der Waals surface area contributed by atoms with E-state index in [0.717, 1.165) is 16.9 Å². The molecular weight excluding hydrogens is 264 g/mol. The fourth-order valence-corrected chi connectivity index (χ4v) is 1.92. The zero-order chi connectivity index (χ0) is 15.1. The second-order valence-electron chi connectivity index (χ2n) is 4.59. The average molecular weight is 282 g/mol. The molecule has 0 amide bonds. The number of para-hydroxylation sites is 1. The number of carbonyl (C=O) groups excluding carboxylic acids is 1. The summed E-state index contributed by atoms with van der Waals surface area (Å²) in [6, 6.07) is 17.0. The van der Waals surface area contributed by atoms with Crippen LogP contribution in [0, 0.1) is 6.92 Å². The summed E-state index contributed by atoms with van der Waals surface area (Å²) in [5.41, 5.74) is 2.18. The molecule has 21 heavy (non-hydrogen) atoms. The summed E-state index contributed by atoms with van der Waals surface area (Å²) in [6.07, 6.45) is 0. The fraction of sp³-hybridized carbons (Fsp3) is 0.167. The Morgan fingerprint density at radius 2 is 1.67 bits per heavy atom. The lowest BCUT2D eigenvalue weighted by atomic mass is 10.0. The first-order valence-electron chi connectivity index (χ1n) is 6.78. The van der Waals surface area contributed by atoms with Gasteiger partial charge in [0.1, 0.15) is 19.0 Å². The number of aryl methyl sites for hydroxylation is 1. The Balaban J connectivity index is 1.80. The molecule has 0 saturated heterocycles. The first-order valence-corrected chi connectivity index (χ1v) is 6.78. The third-order valence-electron chi connectivity index (χ3n) is 3.05. The monoisotopic (exact) mass is 282 g/mol. The topological polar surface area (TPSA) is 35.5 Å². The molecule has 0 aliphatic carbocycles. The van der Waals surface area contributed by atoms with Gasteiger partial charge in [-0.3, -0.25) is 0 Å². The molecule has 0 N–H and O–H groups in total. The van der Waals surface area contributed by atoms with Crippen LogP contribution in [-0.2, 0) is 9.53 Å². The zero-order valence-electron chi connectivity index (χ0n) is 12.0. The second kappa shape index (κ2) is 7.29. The minimum Gasteiger partial charge on any atom is -0.490 e. The molecule has 0 fully saturated rings. The van der Waals surface area contributed by atoms with Gasteiger partial charge in [-0.1, -0.05) is 49.0 Å². The van der Waals surface area contributed by atoms with E-state index in [0.29, 0.717) is 12.2 Å². The van der Waals surface area contributed by atoms with Gasteiger partial charge < -0.3 is 9.47 Å². The summed E-state index contributed by atoms with van der Waals surface area (Å²) in [5.74, 6) is 0.340. The van der Waals surface area contributed by atoms with Crippen LogP contribution in [0.5, 0.6) is 5.75 Å². The molecule has 0 radical (unpaired) electrons. The van der Waals surface area contributed by atoms with Crippen LogP contribution < -0.4 is 4.74 Å². The number of hydrogen-bond donors (Lipinski definition) is 0. The van der Waals surface area contributed by atoms with E-state index < -0.39 is 5.97 Å². The zero-order valence-corrected chi connectivity index (χ0v) is 12.0. The van der Waals surface area contributed by atoms with Gasteiger partial charge in [0.2, 0.25) is 0 Å². The van der Waals surface area contributed by atoms with Crippen molar-refractivity contribution in [3.63, 3.8) is 0 Å². The minimum atomic E-state index is -0.416. The lowest BCUT2D eigenvalue weighted by molar-refractivity contribution is -0.137. The van der Waals surface area contributed by atoms with Crippen LogP contribution in [-0.4, -0.2) is 19.2 Å². The van der Waals surface area contributed by atoms with Crippen molar-refractivity contribution < 1.29 is 14.3 Å². The van der Waals surface area contributed by atoms with Gasteiger partial charge in [-0.15, -0.1) is 0 Å². The van der Waals surface area contributed by atoms with Gasteiger partial charge in [-0.05, 0) is 30.2 Å². The number of ether oxygens (including phenoxy) is 2. The highest BCUT2D eigenvalue weighted by Crippen LogP contribution is 2.18. The first kappa shape index (κ1) is 14.9. The van der Waals surface area contributed by atoms with Crippen molar-refractivity contribution in [2.24, 2.45) is 0 Å². The van der Waals surface area contributed by atoms with Crippen molar-refractivity contribution in [2.45, 2.75) is 6.92 Å². The molecule has 2 aromatic carbocycles. The molecule has 0 saturated carbocycles. The van der Waals surface area contributed by atoms with Crippen LogP contribution in [0.1, 0.15) is 11.1 Å². The average Bonchev–Trinajstić information content (AvgIpc) is 2.52. The predicted octanol–water partition coefficient (Wildman–Crippen LogP) is 3.63. The van der Waals surface area contributed by atoms with E-state index in [1.165, 1.54) is 0 Å². The number of carbonyl (C=O) groups is 1. The maximum Gasteiger partial charge on any atom is 0.338 e. The molecule has 3 nitrogen and oxygen atoms in total. The number of benzene rings is 2. The van der Waals surface area contributed by atoms with Crippen LogP contribution in [0.2, 0.25) is 0 Å². The summed E-state index contributed by atoms with van der Waals surface area (Å²) in [7, 11) is 0. The first-order chi connectivity index (χ1) is 10.2. The summed E-state index contributed by atoms with van der Waals surface area (Å²) >= 11 is 0. The molecule has 0 aliphatic heterocycles. The Hall–Kier alpha value is -2.55. The Bertz CT molecular complexity index is 617. The Kier molecular flexibility index (Phi) is 5.16.